The van der Waals surface area contributed by atoms with Gasteiger partial charge in [0.2, 0.25) is 0 Å². The predicted molar refractivity (Wildman–Crippen MR) is 78.4 cm³/mol. The molecular weight excluding hydrogens is 234 g/mol. The number of benzene rings is 1. The molecule has 0 radical (unpaired) electrons. The molecule has 0 amide bonds. The van der Waals surface area contributed by atoms with E-state index in [4.69, 9.17) is 4.74 Å². The van der Waals surface area contributed by atoms with Gasteiger partial charge in [0.15, 0.2) is 0 Å². The second kappa shape index (κ2) is 5.16. The van der Waals surface area contributed by atoms with Crippen molar-refractivity contribution in [1.82, 2.24) is 5.32 Å². The standard InChI is InChI=1S/C17H25NO/c1-3-19-16-7-5-4-6-15(16)13(2)18-12-17(10-11-17)14-8-9-14/h4-7,13-14,18H,3,8-12H2,1-2H3. The second-order valence-electron chi connectivity index (χ2n) is 6.21. The lowest BCUT2D eigenvalue weighted by Gasteiger charge is -2.22. The predicted octanol–water partition coefficient (Wildman–Crippen LogP) is 3.93. The number of hydrogen-bond acceptors (Lipinski definition) is 2. The number of nitrogens with one attached hydrogen (secondary N) is 1. The molecule has 0 bridgehead atoms. The van der Waals surface area contributed by atoms with Crippen LogP contribution in [0.4, 0.5) is 0 Å². The first-order valence-corrected chi connectivity index (χ1v) is 7.70. The Balaban J connectivity index is 1.61. The van der Waals surface area contributed by atoms with Crippen LogP contribution in [0.2, 0.25) is 0 Å². The summed E-state index contributed by atoms with van der Waals surface area (Å²) in [5, 5.41) is 3.74. The Kier molecular flexibility index (Phi) is 3.53. The van der Waals surface area contributed by atoms with Crippen LogP contribution in [0.15, 0.2) is 24.3 Å². The topological polar surface area (TPSA) is 21.3 Å². The van der Waals surface area contributed by atoms with Crippen molar-refractivity contribution in [3.63, 3.8) is 0 Å². The van der Waals surface area contributed by atoms with Crippen LogP contribution in [0.5, 0.6) is 5.75 Å². The molecule has 19 heavy (non-hydrogen) atoms. The molecule has 0 spiro atoms. The van der Waals surface area contributed by atoms with Crippen LogP contribution >= 0.6 is 0 Å². The zero-order chi connectivity index (χ0) is 13.3. The van der Waals surface area contributed by atoms with Gasteiger partial charge < -0.3 is 10.1 Å². The van der Waals surface area contributed by atoms with E-state index in [2.05, 4.69) is 30.4 Å². The molecule has 2 aliphatic rings. The van der Waals surface area contributed by atoms with Crippen molar-refractivity contribution in [2.24, 2.45) is 11.3 Å². The van der Waals surface area contributed by atoms with Crippen molar-refractivity contribution < 1.29 is 4.74 Å². The first-order chi connectivity index (χ1) is 9.25. The molecule has 2 fully saturated rings. The molecule has 1 N–H and O–H groups in total. The molecule has 1 atom stereocenters. The van der Waals surface area contributed by atoms with Gasteiger partial charge in [0.05, 0.1) is 6.61 Å². The van der Waals surface area contributed by atoms with E-state index in [9.17, 15) is 0 Å². The lowest BCUT2D eigenvalue weighted by atomic mass is 9.99. The minimum Gasteiger partial charge on any atom is -0.494 e. The van der Waals surface area contributed by atoms with E-state index in [0.29, 0.717) is 11.5 Å². The summed E-state index contributed by atoms with van der Waals surface area (Å²) in [6, 6.07) is 8.78. The SMILES string of the molecule is CCOc1ccccc1C(C)NCC1(C2CC2)CC1. The van der Waals surface area contributed by atoms with E-state index in [-0.39, 0.29) is 0 Å². The van der Waals surface area contributed by atoms with Gasteiger partial charge in [-0.15, -0.1) is 0 Å². The van der Waals surface area contributed by atoms with Crippen LogP contribution in [0.25, 0.3) is 0 Å². The van der Waals surface area contributed by atoms with Crippen molar-refractivity contribution in [2.45, 2.75) is 45.6 Å². The molecule has 1 aromatic carbocycles. The van der Waals surface area contributed by atoms with Crippen molar-refractivity contribution in [3.8, 4) is 5.75 Å². The van der Waals surface area contributed by atoms with Crippen molar-refractivity contribution >= 4 is 0 Å². The van der Waals surface area contributed by atoms with Crippen molar-refractivity contribution in [2.75, 3.05) is 13.2 Å². The zero-order valence-electron chi connectivity index (χ0n) is 12.1. The van der Waals surface area contributed by atoms with Gasteiger partial charge in [0.1, 0.15) is 5.75 Å². The highest BCUT2D eigenvalue weighted by Crippen LogP contribution is 2.61. The van der Waals surface area contributed by atoms with Gasteiger partial charge in [0.25, 0.3) is 0 Å². The maximum Gasteiger partial charge on any atom is 0.124 e. The molecule has 2 heteroatoms. The van der Waals surface area contributed by atoms with E-state index in [1.54, 1.807) is 0 Å². The molecule has 1 unspecified atom stereocenters. The highest BCUT2D eigenvalue weighted by molar-refractivity contribution is 5.35. The first-order valence-electron chi connectivity index (χ1n) is 7.70. The van der Waals surface area contributed by atoms with E-state index in [1.165, 1.54) is 37.8 Å². The van der Waals surface area contributed by atoms with Gasteiger partial charge in [0, 0.05) is 18.2 Å². The fourth-order valence-electron chi connectivity index (χ4n) is 3.18. The third kappa shape index (κ3) is 2.79. The lowest BCUT2D eigenvalue weighted by Crippen LogP contribution is -2.28. The molecule has 2 aliphatic carbocycles. The number of rotatable bonds is 7. The van der Waals surface area contributed by atoms with E-state index < -0.39 is 0 Å². The largest absolute Gasteiger partial charge is 0.494 e. The first kappa shape index (κ1) is 13.0. The third-order valence-corrected chi connectivity index (χ3v) is 4.78. The second-order valence-corrected chi connectivity index (χ2v) is 6.21. The summed E-state index contributed by atoms with van der Waals surface area (Å²) in [7, 11) is 0. The lowest BCUT2D eigenvalue weighted by molar-refractivity contribution is 0.328. The molecule has 0 saturated heterocycles. The fraction of sp³-hybridized carbons (Fsp3) is 0.647. The van der Waals surface area contributed by atoms with Crippen molar-refractivity contribution in [1.29, 1.82) is 0 Å². The molecule has 3 rings (SSSR count). The Bertz CT molecular complexity index is 435. The van der Waals surface area contributed by atoms with Gasteiger partial charge in [-0.3, -0.25) is 0 Å². The Morgan fingerprint density at radius 3 is 2.68 bits per heavy atom. The summed E-state index contributed by atoms with van der Waals surface area (Å²) in [5.74, 6) is 2.05. The van der Waals surface area contributed by atoms with Gasteiger partial charge in [-0.1, -0.05) is 18.2 Å². The average Bonchev–Trinajstić information content (AvgIpc) is 3.29. The van der Waals surface area contributed by atoms with Crippen LogP contribution in [0.1, 0.15) is 51.1 Å². The normalized spacial score (nSPS) is 22.0. The fourth-order valence-corrected chi connectivity index (χ4v) is 3.18. The highest BCUT2D eigenvalue weighted by atomic mass is 16.5. The van der Waals surface area contributed by atoms with Gasteiger partial charge in [-0.25, -0.2) is 0 Å². The minimum atomic E-state index is 0.374. The Labute approximate surface area is 116 Å². The molecular formula is C17H25NO. The van der Waals surface area contributed by atoms with E-state index >= 15 is 0 Å². The molecule has 0 aromatic heterocycles. The number of ether oxygens (including phenoxy) is 1. The molecule has 0 aliphatic heterocycles. The highest BCUT2D eigenvalue weighted by Gasteiger charge is 2.53. The molecule has 1 aromatic rings. The summed E-state index contributed by atoms with van der Waals surface area (Å²) >= 11 is 0. The monoisotopic (exact) mass is 259 g/mol. The van der Waals surface area contributed by atoms with Crippen molar-refractivity contribution in [3.05, 3.63) is 29.8 Å². The summed E-state index contributed by atoms with van der Waals surface area (Å²) in [6.45, 7) is 6.21. The summed E-state index contributed by atoms with van der Waals surface area (Å²) < 4.78 is 5.73. The summed E-state index contributed by atoms with van der Waals surface area (Å²) in [6.07, 6.45) is 5.80. The van der Waals surface area contributed by atoms with Crippen LogP contribution < -0.4 is 10.1 Å². The van der Waals surface area contributed by atoms with Gasteiger partial charge >= 0.3 is 0 Å². The zero-order valence-corrected chi connectivity index (χ0v) is 12.1. The van der Waals surface area contributed by atoms with Crippen LogP contribution in [-0.4, -0.2) is 13.2 Å². The summed E-state index contributed by atoms with van der Waals surface area (Å²) in [4.78, 5) is 0. The number of hydrogen-bond donors (Lipinski definition) is 1. The average molecular weight is 259 g/mol. The third-order valence-electron chi connectivity index (χ3n) is 4.78. The Hall–Kier alpha value is -1.02. The Morgan fingerprint density at radius 2 is 2.05 bits per heavy atom. The molecule has 2 saturated carbocycles. The molecule has 104 valence electrons. The van der Waals surface area contributed by atoms with E-state index in [1.807, 2.05) is 13.0 Å². The van der Waals surface area contributed by atoms with Crippen LogP contribution in [-0.2, 0) is 0 Å². The minimum absolute atomic E-state index is 0.374. The van der Waals surface area contributed by atoms with Gasteiger partial charge in [-0.05, 0) is 56.9 Å². The smallest absolute Gasteiger partial charge is 0.124 e. The quantitative estimate of drug-likeness (QED) is 0.801. The van der Waals surface area contributed by atoms with Crippen LogP contribution in [0.3, 0.4) is 0 Å². The molecule has 2 nitrogen and oxygen atoms in total. The Morgan fingerprint density at radius 1 is 1.32 bits per heavy atom. The number of para-hydroxylation sites is 1. The summed E-state index contributed by atoms with van der Waals surface area (Å²) in [5.41, 5.74) is 1.95. The maximum atomic E-state index is 5.73. The van der Waals surface area contributed by atoms with E-state index in [0.717, 1.165) is 18.3 Å². The molecule has 0 heterocycles. The maximum absolute atomic E-state index is 5.73. The van der Waals surface area contributed by atoms with Crippen LogP contribution in [0, 0.1) is 11.3 Å². The van der Waals surface area contributed by atoms with Gasteiger partial charge in [-0.2, -0.15) is 0 Å².